The number of hydrogen-bond donors (Lipinski definition) is 1. The van der Waals surface area contributed by atoms with Gasteiger partial charge in [-0.2, -0.15) is 0 Å². The molecule has 1 unspecified atom stereocenters. The highest BCUT2D eigenvalue weighted by atomic mass is 16.5. The number of hydrogen-bond acceptors (Lipinski definition) is 7. The van der Waals surface area contributed by atoms with Gasteiger partial charge in [0.05, 0.1) is 25.3 Å². The van der Waals surface area contributed by atoms with Crippen molar-refractivity contribution in [2.45, 2.75) is 26.3 Å². The summed E-state index contributed by atoms with van der Waals surface area (Å²) in [4.78, 5) is 39.5. The number of nitrogens with zero attached hydrogens (tertiary/aromatic N) is 1. The molecule has 0 saturated carbocycles. The topological polar surface area (TPSA) is 102 Å². The maximum absolute atomic E-state index is 13.3. The molecule has 3 aromatic carbocycles. The first-order chi connectivity index (χ1) is 17.8. The van der Waals surface area contributed by atoms with Crippen LogP contribution in [-0.4, -0.2) is 36.5 Å². The van der Waals surface area contributed by atoms with Crippen molar-refractivity contribution in [2.24, 2.45) is 0 Å². The van der Waals surface area contributed by atoms with E-state index in [9.17, 15) is 19.5 Å². The van der Waals surface area contributed by atoms with Crippen molar-refractivity contribution in [3.63, 3.8) is 0 Å². The molecule has 0 radical (unpaired) electrons. The molecule has 0 spiro atoms. The van der Waals surface area contributed by atoms with Crippen molar-refractivity contribution >= 4 is 29.1 Å². The SMILES string of the molecule is CCCOc1ccc(/C(O)=C2/C(=O)C(=O)N(c3ccc(OC)cc3)C2c2cccc(OC(C)=O)c2)cc1. The standard InChI is InChI=1S/C29H27NO7/c1-4-16-36-23-12-8-19(9-13-23)27(32)25-26(20-6-5-7-24(17-20)37-18(2)31)30(29(34)28(25)33)21-10-14-22(35-3)15-11-21/h5-15,17,26,32H,4,16H2,1-3H3/b27-25-. The van der Waals surface area contributed by atoms with Gasteiger partial charge in [-0.3, -0.25) is 19.3 Å². The average Bonchev–Trinajstić information content (AvgIpc) is 3.17. The summed E-state index contributed by atoms with van der Waals surface area (Å²) in [7, 11) is 1.53. The maximum atomic E-state index is 13.3. The van der Waals surface area contributed by atoms with Crippen molar-refractivity contribution < 1.29 is 33.7 Å². The van der Waals surface area contributed by atoms with Crippen LogP contribution in [-0.2, 0) is 14.4 Å². The second-order valence-corrected chi connectivity index (χ2v) is 8.41. The molecule has 8 nitrogen and oxygen atoms in total. The second-order valence-electron chi connectivity index (χ2n) is 8.41. The van der Waals surface area contributed by atoms with E-state index in [0.717, 1.165) is 6.42 Å². The number of anilines is 1. The van der Waals surface area contributed by atoms with Gasteiger partial charge in [0.2, 0.25) is 0 Å². The smallest absolute Gasteiger partial charge is 0.308 e. The number of Topliss-reactive ketones (excluding diaryl/α,β-unsaturated/α-hetero) is 1. The lowest BCUT2D eigenvalue weighted by molar-refractivity contribution is -0.132. The molecular formula is C29H27NO7. The molecule has 37 heavy (non-hydrogen) atoms. The predicted molar refractivity (Wildman–Crippen MR) is 138 cm³/mol. The van der Waals surface area contributed by atoms with E-state index in [-0.39, 0.29) is 17.1 Å². The van der Waals surface area contributed by atoms with Gasteiger partial charge in [-0.15, -0.1) is 0 Å². The summed E-state index contributed by atoms with van der Waals surface area (Å²) in [6.07, 6.45) is 0.850. The fourth-order valence-electron chi connectivity index (χ4n) is 4.16. The summed E-state index contributed by atoms with van der Waals surface area (Å²) in [5.41, 5.74) is 1.20. The number of carbonyl (C=O) groups excluding carboxylic acids is 3. The molecule has 1 N–H and O–H groups in total. The first-order valence-electron chi connectivity index (χ1n) is 11.8. The fraction of sp³-hybridized carbons (Fsp3) is 0.207. The molecule has 1 heterocycles. The van der Waals surface area contributed by atoms with Gasteiger partial charge in [-0.1, -0.05) is 19.1 Å². The Hall–Kier alpha value is -4.59. The summed E-state index contributed by atoms with van der Waals surface area (Å²) in [5.74, 6) is -0.990. The minimum atomic E-state index is -0.972. The van der Waals surface area contributed by atoms with Crippen LogP contribution in [0, 0.1) is 0 Å². The van der Waals surface area contributed by atoms with E-state index in [2.05, 4.69) is 0 Å². The fourth-order valence-corrected chi connectivity index (χ4v) is 4.16. The highest BCUT2D eigenvalue weighted by molar-refractivity contribution is 6.51. The number of rotatable bonds is 8. The van der Waals surface area contributed by atoms with E-state index in [1.807, 2.05) is 6.92 Å². The third kappa shape index (κ3) is 5.33. The first kappa shape index (κ1) is 25.5. The Morgan fingerprint density at radius 3 is 2.24 bits per heavy atom. The van der Waals surface area contributed by atoms with Crippen LogP contribution >= 0.6 is 0 Å². The second kappa shape index (κ2) is 11.0. The van der Waals surface area contributed by atoms with Crippen LogP contribution in [0.3, 0.4) is 0 Å². The zero-order valence-corrected chi connectivity index (χ0v) is 20.8. The maximum Gasteiger partial charge on any atom is 0.308 e. The van der Waals surface area contributed by atoms with Crippen LogP contribution in [0.25, 0.3) is 5.76 Å². The van der Waals surface area contributed by atoms with E-state index in [1.54, 1.807) is 72.8 Å². The summed E-state index contributed by atoms with van der Waals surface area (Å²) in [6, 6.07) is 18.9. The van der Waals surface area contributed by atoms with Crippen molar-refractivity contribution in [3.05, 3.63) is 89.5 Å². The quantitative estimate of drug-likeness (QED) is 0.152. The van der Waals surface area contributed by atoms with Crippen LogP contribution in [0.4, 0.5) is 5.69 Å². The monoisotopic (exact) mass is 501 g/mol. The highest BCUT2D eigenvalue weighted by Gasteiger charge is 2.47. The molecule has 3 aromatic rings. The molecule has 0 bridgehead atoms. The van der Waals surface area contributed by atoms with Crippen LogP contribution in [0.1, 0.15) is 37.4 Å². The van der Waals surface area contributed by atoms with E-state index in [0.29, 0.717) is 34.9 Å². The largest absolute Gasteiger partial charge is 0.507 e. The normalized spacial score (nSPS) is 16.5. The van der Waals surface area contributed by atoms with E-state index in [4.69, 9.17) is 14.2 Å². The number of carbonyl (C=O) groups is 3. The molecule has 8 heteroatoms. The molecular weight excluding hydrogens is 474 g/mol. The molecule has 1 aliphatic rings. The van der Waals surface area contributed by atoms with Crippen LogP contribution in [0.5, 0.6) is 17.2 Å². The van der Waals surface area contributed by atoms with Crippen molar-refractivity contribution in [1.29, 1.82) is 0 Å². The van der Waals surface area contributed by atoms with Gasteiger partial charge < -0.3 is 19.3 Å². The van der Waals surface area contributed by atoms with Gasteiger partial charge in [0, 0.05) is 18.2 Å². The van der Waals surface area contributed by atoms with Crippen molar-refractivity contribution in [3.8, 4) is 17.2 Å². The number of ether oxygens (including phenoxy) is 3. The molecule has 4 rings (SSSR count). The molecule has 1 aliphatic heterocycles. The van der Waals surface area contributed by atoms with E-state index >= 15 is 0 Å². The average molecular weight is 502 g/mol. The van der Waals surface area contributed by atoms with Crippen LogP contribution < -0.4 is 19.1 Å². The number of aliphatic hydroxyl groups excluding tert-OH is 1. The number of esters is 1. The number of methoxy groups -OCH3 is 1. The number of ketones is 1. The molecule has 1 saturated heterocycles. The van der Waals surface area contributed by atoms with Gasteiger partial charge in [0.1, 0.15) is 23.0 Å². The highest BCUT2D eigenvalue weighted by Crippen LogP contribution is 2.43. The van der Waals surface area contributed by atoms with Crippen LogP contribution in [0.2, 0.25) is 0 Å². The lowest BCUT2D eigenvalue weighted by Gasteiger charge is -2.26. The number of amides is 1. The number of benzene rings is 3. The van der Waals surface area contributed by atoms with Crippen LogP contribution in [0.15, 0.2) is 78.4 Å². The van der Waals surface area contributed by atoms with Crippen molar-refractivity contribution in [2.75, 3.05) is 18.6 Å². The van der Waals surface area contributed by atoms with Gasteiger partial charge in [-0.25, -0.2) is 0 Å². The molecule has 1 atom stereocenters. The third-order valence-electron chi connectivity index (χ3n) is 5.83. The van der Waals surface area contributed by atoms with E-state index < -0.39 is 23.7 Å². The first-order valence-corrected chi connectivity index (χ1v) is 11.8. The Bertz CT molecular complexity index is 1340. The van der Waals surface area contributed by atoms with Gasteiger partial charge >= 0.3 is 5.97 Å². The molecule has 0 aliphatic carbocycles. The Kier molecular flexibility index (Phi) is 7.57. The zero-order chi connectivity index (χ0) is 26.5. The summed E-state index contributed by atoms with van der Waals surface area (Å²) in [6.45, 7) is 3.83. The Balaban J connectivity index is 1.85. The zero-order valence-electron chi connectivity index (χ0n) is 20.8. The van der Waals surface area contributed by atoms with Crippen molar-refractivity contribution in [1.82, 2.24) is 0 Å². The minimum absolute atomic E-state index is 0.0805. The Morgan fingerprint density at radius 2 is 1.62 bits per heavy atom. The lowest BCUT2D eigenvalue weighted by Crippen LogP contribution is -2.29. The van der Waals surface area contributed by atoms with Gasteiger partial charge in [0.25, 0.3) is 11.7 Å². The molecule has 1 fully saturated rings. The Morgan fingerprint density at radius 1 is 0.946 bits per heavy atom. The Labute approximate surface area is 214 Å². The van der Waals surface area contributed by atoms with Gasteiger partial charge in [0.15, 0.2) is 0 Å². The minimum Gasteiger partial charge on any atom is -0.507 e. The summed E-state index contributed by atoms with van der Waals surface area (Å²) >= 11 is 0. The summed E-state index contributed by atoms with van der Waals surface area (Å²) < 4.78 is 16.0. The van der Waals surface area contributed by atoms with E-state index in [1.165, 1.54) is 18.9 Å². The number of aliphatic hydroxyl groups is 1. The third-order valence-corrected chi connectivity index (χ3v) is 5.83. The lowest BCUT2D eigenvalue weighted by atomic mass is 9.95. The molecule has 190 valence electrons. The summed E-state index contributed by atoms with van der Waals surface area (Å²) in [5, 5.41) is 11.3. The molecule has 0 aromatic heterocycles. The predicted octanol–water partition coefficient (Wildman–Crippen LogP) is 5.04. The molecule has 1 amide bonds. The van der Waals surface area contributed by atoms with Gasteiger partial charge in [-0.05, 0) is 72.6 Å².